The van der Waals surface area contributed by atoms with E-state index in [4.69, 9.17) is 0 Å². The Bertz CT molecular complexity index is 1670. The van der Waals surface area contributed by atoms with Crippen LogP contribution in [0.5, 0.6) is 0 Å². The summed E-state index contributed by atoms with van der Waals surface area (Å²) in [6.07, 6.45) is 11.8. The van der Waals surface area contributed by atoms with Crippen LogP contribution in [-0.4, -0.2) is 51.6 Å². The molecule has 12 nitrogen and oxygen atoms in total. The second-order valence-electron chi connectivity index (χ2n) is 17.7. The van der Waals surface area contributed by atoms with Crippen molar-refractivity contribution in [1.82, 2.24) is 13.7 Å². The van der Waals surface area contributed by atoms with Gasteiger partial charge in [-0.15, -0.1) is 0 Å². The lowest BCUT2D eigenvalue weighted by atomic mass is 9.62. The van der Waals surface area contributed by atoms with E-state index in [1.54, 1.807) is 18.2 Å². The van der Waals surface area contributed by atoms with Crippen LogP contribution in [0.4, 0.5) is 0 Å². The smallest absolute Gasteiger partial charge is 0.247 e. The molecule has 0 N–H and O–H groups in total. The maximum atomic E-state index is 15.0. The van der Waals surface area contributed by atoms with Crippen LogP contribution in [0, 0.1) is 27.1 Å². The van der Waals surface area contributed by atoms with Crippen LogP contribution >= 0.6 is 0 Å². The number of unbranched alkanes of at least 4 members (excludes halogenated alkanes) is 1. The Balaban J connectivity index is 2.45. The van der Waals surface area contributed by atoms with Crippen LogP contribution in [0.1, 0.15) is 151 Å². The highest BCUT2D eigenvalue weighted by molar-refractivity contribution is 5.33. The van der Waals surface area contributed by atoms with E-state index in [-0.39, 0.29) is 25.0 Å². The summed E-state index contributed by atoms with van der Waals surface area (Å²) in [5.74, 6) is 0. The van der Waals surface area contributed by atoms with Gasteiger partial charge in [0, 0.05) is 18.1 Å². The zero-order chi connectivity index (χ0) is 36.8. The van der Waals surface area contributed by atoms with Crippen LogP contribution in [-0.2, 0) is 14.4 Å². The number of hydrogen-bond acceptors (Lipinski definition) is 9. The monoisotopic (exact) mass is 682 g/mol. The maximum Gasteiger partial charge on any atom is 0.336 e. The molecule has 12 heteroatoms. The minimum Gasteiger partial charge on any atom is -0.247 e. The summed E-state index contributed by atoms with van der Waals surface area (Å²) in [5.41, 5.74) is -4.14. The zero-order valence-electron chi connectivity index (χ0n) is 31.3. The van der Waals surface area contributed by atoms with Crippen molar-refractivity contribution in [2.24, 2.45) is 42.1 Å². The highest BCUT2D eigenvalue weighted by atomic mass is 16.2. The molecule has 1 heterocycles. The van der Waals surface area contributed by atoms with Crippen LogP contribution in [0.25, 0.3) is 0 Å². The molecule has 2 aliphatic carbocycles. The highest BCUT2D eigenvalue weighted by Crippen LogP contribution is 2.52. The van der Waals surface area contributed by atoms with Crippen molar-refractivity contribution >= 4 is 18.2 Å². The second kappa shape index (κ2) is 15.6. The zero-order valence-corrected chi connectivity index (χ0v) is 31.3. The third-order valence-electron chi connectivity index (χ3n) is 11.5. The largest absolute Gasteiger partial charge is 0.336 e. The number of aliphatic imine (C=N–C) groups is 3. The first-order chi connectivity index (χ1) is 22.8. The van der Waals surface area contributed by atoms with Crippen molar-refractivity contribution in [2.75, 3.05) is 19.6 Å². The summed E-state index contributed by atoms with van der Waals surface area (Å²) in [6, 6.07) is -1.71. The van der Waals surface area contributed by atoms with Crippen molar-refractivity contribution in [1.29, 1.82) is 0 Å². The fourth-order valence-electron chi connectivity index (χ4n) is 9.06. The molecule has 0 radical (unpaired) electrons. The van der Waals surface area contributed by atoms with Gasteiger partial charge in [0.05, 0.1) is 19.6 Å². The molecule has 0 bridgehead atoms. The van der Waals surface area contributed by atoms with Gasteiger partial charge in [-0.1, -0.05) is 75.2 Å². The lowest BCUT2D eigenvalue weighted by Crippen LogP contribution is -2.61. The Morgan fingerprint density at radius 1 is 0.776 bits per heavy atom. The molecule has 0 aliphatic heterocycles. The molecule has 5 unspecified atom stereocenters. The van der Waals surface area contributed by atoms with E-state index >= 15 is 0 Å². The maximum absolute atomic E-state index is 15.0. The Labute approximate surface area is 290 Å². The molecular formula is C37H58N6O6. The number of isocyanates is 3. The predicted molar refractivity (Wildman–Crippen MR) is 189 cm³/mol. The van der Waals surface area contributed by atoms with E-state index in [1.165, 1.54) is 13.7 Å². The Kier molecular flexibility index (Phi) is 12.7. The number of carbonyl (C=O) groups excluding carboxylic acids is 3. The lowest BCUT2D eigenvalue weighted by Gasteiger charge is -2.48. The number of nitrogens with zero attached hydrogens (tertiary/aromatic N) is 6. The third-order valence-corrected chi connectivity index (χ3v) is 11.5. The number of hydrogen-bond donors (Lipinski definition) is 0. The van der Waals surface area contributed by atoms with Gasteiger partial charge in [0.15, 0.2) is 0 Å². The Hall–Kier alpha value is -3.45. The van der Waals surface area contributed by atoms with Gasteiger partial charge < -0.3 is 0 Å². The van der Waals surface area contributed by atoms with Gasteiger partial charge in [-0.25, -0.2) is 57.4 Å². The molecule has 0 spiro atoms. The van der Waals surface area contributed by atoms with Crippen molar-refractivity contribution in [3.05, 3.63) is 31.5 Å². The van der Waals surface area contributed by atoms with Crippen molar-refractivity contribution < 1.29 is 14.4 Å². The SMILES string of the molecule is CCCCC(C)(C)C(CCCN=C=O)n1c(=O)n(C2CC(C)(C)CC(C)(CN=C=O)C2)c(=O)n(C2CC(C)(CN=C=O)CCC2(C)C)c1=O. The molecule has 2 fully saturated rings. The van der Waals surface area contributed by atoms with Crippen molar-refractivity contribution in [2.45, 2.75) is 151 Å². The van der Waals surface area contributed by atoms with E-state index in [0.717, 1.165) is 32.1 Å². The van der Waals surface area contributed by atoms with Crippen LogP contribution in [0.15, 0.2) is 29.4 Å². The third kappa shape index (κ3) is 9.22. The molecule has 49 heavy (non-hydrogen) atoms. The fourth-order valence-corrected chi connectivity index (χ4v) is 9.06. The Morgan fingerprint density at radius 2 is 1.37 bits per heavy atom. The molecule has 2 saturated carbocycles. The van der Waals surface area contributed by atoms with Gasteiger partial charge in [0.25, 0.3) is 0 Å². The molecule has 0 saturated heterocycles. The summed E-state index contributed by atoms with van der Waals surface area (Å²) in [7, 11) is 0. The summed E-state index contributed by atoms with van der Waals surface area (Å²) < 4.78 is 3.98. The average Bonchev–Trinajstić information content (AvgIpc) is 3.00. The average molecular weight is 683 g/mol. The minimum atomic E-state index is -0.635. The molecule has 3 rings (SSSR count). The van der Waals surface area contributed by atoms with E-state index in [2.05, 4.69) is 49.6 Å². The fraction of sp³-hybridized carbons (Fsp3) is 0.838. The summed E-state index contributed by atoms with van der Waals surface area (Å²) in [4.78, 5) is 89.6. The van der Waals surface area contributed by atoms with E-state index < -0.39 is 56.9 Å². The van der Waals surface area contributed by atoms with Gasteiger partial charge >= 0.3 is 17.1 Å². The molecule has 0 amide bonds. The first kappa shape index (κ1) is 40.0. The molecular weight excluding hydrogens is 624 g/mol. The minimum absolute atomic E-state index is 0.212. The lowest BCUT2D eigenvalue weighted by molar-refractivity contribution is 0.0370. The molecule has 1 aromatic rings. The van der Waals surface area contributed by atoms with Crippen molar-refractivity contribution in [3.8, 4) is 0 Å². The number of rotatable bonds is 15. The normalized spacial score (nSPS) is 26.9. The van der Waals surface area contributed by atoms with Crippen LogP contribution in [0.2, 0.25) is 0 Å². The summed E-state index contributed by atoms with van der Waals surface area (Å²) in [5, 5.41) is 0. The van der Waals surface area contributed by atoms with Gasteiger partial charge in [0.1, 0.15) is 0 Å². The molecule has 5 atom stereocenters. The molecule has 0 aromatic carbocycles. The first-order valence-corrected chi connectivity index (χ1v) is 17.9. The first-order valence-electron chi connectivity index (χ1n) is 17.9. The molecule has 272 valence electrons. The number of aromatic nitrogens is 3. The topological polar surface area (TPSA) is 154 Å². The van der Waals surface area contributed by atoms with Crippen LogP contribution in [0.3, 0.4) is 0 Å². The molecule has 2 aliphatic rings. The van der Waals surface area contributed by atoms with Gasteiger partial charge in [-0.2, -0.15) is 0 Å². The van der Waals surface area contributed by atoms with Crippen LogP contribution < -0.4 is 17.1 Å². The summed E-state index contributed by atoms with van der Waals surface area (Å²) >= 11 is 0. The second-order valence-corrected chi connectivity index (χ2v) is 17.7. The molecule has 1 aromatic heterocycles. The Morgan fingerprint density at radius 3 is 1.96 bits per heavy atom. The van der Waals surface area contributed by atoms with E-state index in [0.29, 0.717) is 38.5 Å². The van der Waals surface area contributed by atoms with Gasteiger partial charge in [-0.3, -0.25) is 0 Å². The van der Waals surface area contributed by atoms with E-state index in [9.17, 15) is 28.8 Å². The van der Waals surface area contributed by atoms with Gasteiger partial charge in [-0.05, 0) is 84.9 Å². The summed E-state index contributed by atoms with van der Waals surface area (Å²) in [6.45, 7) is 19.2. The highest BCUT2D eigenvalue weighted by Gasteiger charge is 2.48. The van der Waals surface area contributed by atoms with Gasteiger partial charge in [0.2, 0.25) is 18.2 Å². The van der Waals surface area contributed by atoms with Crippen molar-refractivity contribution in [3.63, 3.8) is 0 Å². The van der Waals surface area contributed by atoms with E-state index in [1.807, 2.05) is 27.7 Å². The predicted octanol–water partition coefficient (Wildman–Crippen LogP) is 6.23. The quantitative estimate of drug-likeness (QED) is 0.121. The standard InChI is InChI=1S/C37H58N6O6/c1-10-11-14-34(4,5)28(13-12-17-38-24-44)42-30(47)41(27-18-33(2,3)21-37(9,19-27)23-40-26-46)31(48)43(32(42)49)29-20-36(8,22-39-25-45)16-15-35(29,6)7/h27-29H,10-23H2,1-9H3.